The van der Waals surface area contributed by atoms with Crippen molar-refractivity contribution in [3.05, 3.63) is 0 Å². The molecule has 1 saturated heterocycles. The van der Waals surface area contributed by atoms with Crippen molar-refractivity contribution in [2.24, 2.45) is 0 Å². The van der Waals surface area contributed by atoms with Gasteiger partial charge in [0, 0.05) is 33.1 Å². The maximum absolute atomic E-state index is 11.3. The number of hydrogen-bond acceptors (Lipinski definition) is 3. The van der Waals surface area contributed by atoms with E-state index in [0.29, 0.717) is 12.5 Å². The normalized spacial score (nSPS) is 20.9. The summed E-state index contributed by atoms with van der Waals surface area (Å²) in [5.41, 5.74) is 0. The zero-order valence-electron chi connectivity index (χ0n) is 10.1. The second-order valence-electron chi connectivity index (χ2n) is 4.52. The molecule has 0 spiro atoms. The molecule has 0 aromatic heterocycles. The molecule has 0 aromatic rings. The SMILES string of the molecule is CN(C)C(=O)CCCN(C)C1CCNC1. The van der Waals surface area contributed by atoms with Gasteiger partial charge in [-0.3, -0.25) is 4.79 Å². The first-order valence-electron chi connectivity index (χ1n) is 5.72. The summed E-state index contributed by atoms with van der Waals surface area (Å²) in [5.74, 6) is 0.230. The van der Waals surface area contributed by atoms with Gasteiger partial charge >= 0.3 is 0 Å². The lowest BCUT2D eigenvalue weighted by atomic mass is 10.2. The molecule has 1 aliphatic rings. The van der Waals surface area contributed by atoms with Crippen molar-refractivity contribution < 1.29 is 4.79 Å². The molecule has 0 aliphatic carbocycles. The molecule has 1 aliphatic heterocycles. The van der Waals surface area contributed by atoms with Gasteiger partial charge in [0.2, 0.25) is 5.91 Å². The van der Waals surface area contributed by atoms with Crippen molar-refractivity contribution >= 4 is 5.91 Å². The van der Waals surface area contributed by atoms with E-state index in [2.05, 4.69) is 17.3 Å². The predicted molar refractivity (Wildman–Crippen MR) is 61.8 cm³/mol. The maximum Gasteiger partial charge on any atom is 0.222 e. The Balaban J connectivity index is 2.11. The Morgan fingerprint density at radius 1 is 1.40 bits per heavy atom. The Morgan fingerprint density at radius 2 is 2.13 bits per heavy atom. The number of nitrogens with zero attached hydrogens (tertiary/aromatic N) is 2. The van der Waals surface area contributed by atoms with Gasteiger partial charge in [0.05, 0.1) is 0 Å². The second kappa shape index (κ2) is 6.08. The summed E-state index contributed by atoms with van der Waals surface area (Å²) in [6.07, 6.45) is 2.86. The average Bonchev–Trinajstić information content (AvgIpc) is 2.70. The molecular weight excluding hydrogens is 190 g/mol. The van der Waals surface area contributed by atoms with Crippen molar-refractivity contribution in [1.82, 2.24) is 15.1 Å². The smallest absolute Gasteiger partial charge is 0.222 e. The fourth-order valence-electron chi connectivity index (χ4n) is 1.90. The first-order valence-corrected chi connectivity index (χ1v) is 5.72. The molecule has 1 rings (SSSR count). The van der Waals surface area contributed by atoms with Crippen LogP contribution in [-0.2, 0) is 4.79 Å². The molecule has 0 aromatic carbocycles. The predicted octanol–water partition coefficient (Wildman–Crippen LogP) is 0.149. The van der Waals surface area contributed by atoms with Crippen LogP contribution in [0.5, 0.6) is 0 Å². The van der Waals surface area contributed by atoms with E-state index in [1.807, 2.05) is 14.1 Å². The van der Waals surface area contributed by atoms with Crippen molar-refractivity contribution in [2.45, 2.75) is 25.3 Å². The zero-order valence-corrected chi connectivity index (χ0v) is 10.1. The topological polar surface area (TPSA) is 35.6 Å². The third-order valence-corrected chi connectivity index (χ3v) is 3.06. The average molecular weight is 213 g/mol. The molecule has 1 N–H and O–H groups in total. The first-order chi connectivity index (χ1) is 7.11. The van der Waals surface area contributed by atoms with Crippen molar-refractivity contribution in [2.75, 3.05) is 40.8 Å². The van der Waals surface area contributed by atoms with Crippen LogP contribution in [0.4, 0.5) is 0 Å². The Bertz CT molecular complexity index is 200. The lowest BCUT2D eigenvalue weighted by Crippen LogP contribution is -2.34. The van der Waals surface area contributed by atoms with Gasteiger partial charge in [-0.05, 0) is 33.0 Å². The van der Waals surface area contributed by atoms with Crippen LogP contribution in [0.15, 0.2) is 0 Å². The van der Waals surface area contributed by atoms with Crippen LogP contribution in [0.25, 0.3) is 0 Å². The Kier molecular flexibility index (Phi) is 5.05. The minimum Gasteiger partial charge on any atom is -0.349 e. The highest BCUT2D eigenvalue weighted by molar-refractivity contribution is 5.75. The van der Waals surface area contributed by atoms with E-state index in [-0.39, 0.29) is 5.91 Å². The van der Waals surface area contributed by atoms with Crippen molar-refractivity contribution in [1.29, 1.82) is 0 Å². The van der Waals surface area contributed by atoms with E-state index >= 15 is 0 Å². The van der Waals surface area contributed by atoms with Gasteiger partial charge in [-0.15, -0.1) is 0 Å². The Labute approximate surface area is 92.6 Å². The van der Waals surface area contributed by atoms with Crippen LogP contribution in [0, 0.1) is 0 Å². The highest BCUT2D eigenvalue weighted by atomic mass is 16.2. The molecule has 0 saturated carbocycles. The van der Waals surface area contributed by atoms with Gasteiger partial charge in [0.15, 0.2) is 0 Å². The van der Waals surface area contributed by atoms with Crippen LogP contribution in [0.2, 0.25) is 0 Å². The Morgan fingerprint density at radius 3 is 2.67 bits per heavy atom. The van der Waals surface area contributed by atoms with E-state index in [4.69, 9.17) is 0 Å². The molecule has 1 amide bonds. The van der Waals surface area contributed by atoms with Crippen LogP contribution in [0.3, 0.4) is 0 Å². The summed E-state index contributed by atoms with van der Waals surface area (Å²) in [6.45, 7) is 3.25. The first kappa shape index (κ1) is 12.5. The number of nitrogens with one attached hydrogen (secondary N) is 1. The summed E-state index contributed by atoms with van der Waals surface area (Å²) in [5, 5.41) is 3.35. The van der Waals surface area contributed by atoms with Gasteiger partial charge in [-0.2, -0.15) is 0 Å². The van der Waals surface area contributed by atoms with Crippen LogP contribution >= 0.6 is 0 Å². The zero-order chi connectivity index (χ0) is 11.3. The van der Waals surface area contributed by atoms with E-state index in [1.54, 1.807) is 4.90 Å². The number of rotatable bonds is 5. The van der Waals surface area contributed by atoms with E-state index in [0.717, 1.165) is 26.1 Å². The third kappa shape index (κ3) is 4.18. The van der Waals surface area contributed by atoms with E-state index in [1.165, 1.54) is 6.42 Å². The summed E-state index contributed by atoms with van der Waals surface area (Å²) >= 11 is 0. The molecule has 15 heavy (non-hydrogen) atoms. The molecule has 1 heterocycles. The minimum atomic E-state index is 0.230. The molecule has 88 valence electrons. The monoisotopic (exact) mass is 213 g/mol. The summed E-state index contributed by atoms with van der Waals surface area (Å²) < 4.78 is 0. The lowest BCUT2D eigenvalue weighted by molar-refractivity contribution is -0.128. The number of carbonyl (C=O) groups excluding carboxylic acids is 1. The second-order valence-corrected chi connectivity index (χ2v) is 4.52. The van der Waals surface area contributed by atoms with Crippen molar-refractivity contribution in [3.8, 4) is 0 Å². The maximum atomic E-state index is 11.3. The molecule has 0 bridgehead atoms. The van der Waals surface area contributed by atoms with Gasteiger partial charge < -0.3 is 15.1 Å². The van der Waals surface area contributed by atoms with Gasteiger partial charge in [0.1, 0.15) is 0 Å². The highest BCUT2D eigenvalue weighted by Crippen LogP contribution is 2.07. The molecule has 4 heteroatoms. The van der Waals surface area contributed by atoms with Crippen LogP contribution < -0.4 is 5.32 Å². The number of likely N-dealkylation sites (N-methyl/N-ethyl adjacent to an activating group) is 1. The quantitative estimate of drug-likeness (QED) is 0.706. The van der Waals surface area contributed by atoms with Gasteiger partial charge in [-0.1, -0.05) is 0 Å². The van der Waals surface area contributed by atoms with E-state index < -0.39 is 0 Å². The molecule has 0 radical (unpaired) electrons. The summed E-state index contributed by atoms with van der Waals surface area (Å²) in [4.78, 5) is 15.4. The Hall–Kier alpha value is -0.610. The summed E-state index contributed by atoms with van der Waals surface area (Å²) in [6, 6.07) is 0.666. The lowest BCUT2D eigenvalue weighted by Gasteiger charge is -2.23. The minimum absolute atomic E-state index is 0.230. The third-order valence-electron chi connectivity index (χ3n) is 3.06. The molecule has 4 nitrogen and oxygen atoms in total. The van der Waals surface area contributed by atoms with Gasteiger partial charge in [-0.25, -0.2) is 0 Å². The van der Waals surface area contributed by atoms with Crippen LogP contribution in [-0.4, -0.2) is 62.5 Å². The van der Waals surface area contributed by atoms with Gasteiger partial charge in [0.25, 0.3) is 0 Å². The fourth-order valence-corrected chi connectivity index (χ4v) is 1.90. The summed E-state index contributed by atoms with van der Waals surface area (Å²) in [7, 11) is 5.78. The largest absolute Gasteiger partial charge is 0.349 e. The van der Waals surface area contributed by atoms with Crippen molar-refractivity contribution in [3.63, 3.8) is 0 Å². The number of carbonyl (C=O) groups is 1. The molecule has 1 fully saturated rings. The van der Waals surface area contributed by atoms with E-state index in [9.17, 15) is 4.79 Å². The molecule has 1 atom stereocenters. The molecular formula is C11H23N3O. The standard InChI is InChI=1S/C11H23N3O/c1-13(2)11(15)5-4-8-14(3)10-6-7-12-9-10/h10,12H,4-9H2,1-3H3. The number of amides is 1. The fraction of sp³-hybridized carbons (Fsp3) is 0.909. The number of hydrogen-bond donors (Lipinski definition) is 1. The highest BCUT2D eigenvalue weighted by Gasteiger charge is 2.18. The van der Waals surface area contributed by atoms with Crippen LogP contribution in [0.1, 0.15) is 19.3 Å². The molecule has 1 unspecified atom stereocenters.